The fourth-order valence-electron chi connectivity index (χ4n) is 2.56. The Labute approximate surface area is 137 Å². The van der Waals surface area contributed by atoms with Gasteiger partial charge in [-0.3, -0.25) is 4.98 Å². The molecule has 0 aliphatic carbocycles. The summed E-state index contributed by atoms with van der Waals surface area (Å²) >= 11 is 5.95. The second kappa shape index (κ2) is 8.60. The van der Waals surface area contributed by atoms with Crippen LogP contribution in [-0.2, 0) is 0 Å². The minimum atomic E-state index is 0.587. The fraction of sp³-hybridized carbons (Fsp3) is 0.444. The molecule has 1 heterocycles. The predicted octanol–water partition coefficient (Wildman–Crippen LogP) is 5.53. The summed E-state index contributed by atoms with van der Waals surface area (Å²) in [5, 5.41) is 14.3. The van der Waals surface area contributed by atoms with Crippen LogP contribution in [0.1, 0.15) is 51.0 Å². The number of nitrogens with zero attached hydrogens (tertiary/aromatic N) is 2. The number of unbranched alkanes of at least 4 members (excludes halogenated alkanes) is 5. The molecule has 0 radical (unpaired) electrons. The van der Waals surface area contributed by atoms with Gasteiger partial charge in [-0.1, -0.05) is 56.7 Å². The third kappa shape index (κ3) is 4.35. The number of nitrogens with one attached hydrogen (secondary N) is 1. The third-order valence-electron chi connectivity index (χ3n) is 3.78. The summed E-state index contributed by atoms with van der Waals surface area (Å²) in [5.74, 6) is 0. The molecule has 0 spiro atoms. The van der Waals surface area contributed by atoms with Crippen molar-refractivity contribution in [1.29, 1.82) is 5.26 Å². The van der Waals surface area contributed by atoms with Crippen LogP contribution in [0.4, 0.5) is 5.69 Å². The molecule has 22 heavy (non-hydrogen) atoms. The van der Waals surface area contributed by atoms with E-state index in [-0.39, 0.29) is 0 Å². The van der Waals surface area contributed by atoms with E-state index in [9.17, 15) is 5.26 Å². The van der Waals surface area contributed by atoms with Crippen molar-refractivity contribution in [3.8, 4) is 6.07 Å². The maximum absolute atomic E-state index is 9.42. The van der Waals surface area contributed by atoms with Crippen molar-refractivity contribution in [2.75, 3.05) is 11.9 Å². The van der Waals surface area contributed by atoms with Crippen LogP contribution in [0.5, 0.6) is 0 Å². The molecule has 1 aromatic carbocycles. The van der Waals surface area contributed by atoms with Crippen molar-refractivity contribution < 1.29 is 0 Å². The van der Waals surface area contributed by atoms with Gasteiger partial charge in [0, 0.05) is 18.1 Å². The summed E-state index contributed by atoms with van der Waals surface area (Å²) in [6, 6.07) is 7.99. The lowest BCUT2D eigenvalue weighted by atomic mass is 10.1. The Morgan fingerprint density at radius 1 is 1.18 bits per heavy atom. The standard InChI is InChI=1S/C18H22ClN3/c1-2-3-4-5-6-7-10-21-17-9-8-14-11-15(19)13-22-18(14)16(17)12-20/h8-9,11,13,21H,2-7,10H2,1H3. The lowest BCUT2D eigenvalue weighted by molar-refractivity contribution is 0.617. The largest absolute Gasteiger partial charge is 0.384 e. The highest BCUT2D eigenvalue weighted by Gasteiger charge is 2.08. The molecule has 0 aliphatic rings. The van der Waals surface area contributed by atoms with Gasteiger partial charge in [-0.2, -0.15) is 5.26 Å². The Bertz CT molecular complexity index is 661. The van der Waals surface area contributed by atoms with Gasteiger partial charge < -0.3 is 5.32 Å². The first kappa shape index (κ1) is 16.6. The van der Waals surface area contributed by atoms with E-state index in [0.717, 1.165) is 24.0 Å². The number of nitriles is 1. The zero-order chi connectivity index (χ0) is 15.8. The van der Waals surface area contributed by atoms with Gasteiger partial charge in [-0.25, -0.2) is 0 Å². The van der Waals surface area contributed by atoms with Gasteiger partial charge in [0.05, 0.1) is 16.2 Å². The molecule has 0 saturated heterocycles. The number of pyridine rings is 1. The normalized spacial score (nSPS) is 10.6. The minimum absolute atomic E-state index is 0.587. The van der Waals surface area contributed by atoms with E-state index in [4.69, 9.17) is 11.6 Å². The maximum Gasteiger partial charge on any atom is 0.104 e. The lowest BCUT2D eigenvalue weighted by Gasteiger charge is -2.10. The second-order valence-corrected chi connectivity index (χ2v) is 5.96. The highest BCUT2D eigenvalue weighted by molar-refractivity contribution is 6.31. The molecule has 0 aliphatic heterocycles. The third-order valence-corrected chi connectivity index (χ3v) is 3.98. The van der Waals surface area contributed by atoms with Crippen molar-refractivity contribution in [3.05, 3.63) is 35.0 Å². The van der Waals surface area contributed by atoms with Gasteiger partial charge in [-0.05, 0) is 18.6 Å². The van der Waals surface area contributed by atoms with E-state index in [1.807, 2.05) is 18.2 Å². The van der Waals surface area contributed by atoms with E-state index < -0.39 is 0 Å². The number of rotatable bonds is 8. The molecule has 0 saturated carbocycles. The molecular weight excluding hydrogens is 294 g/mol. The van der Waals surface area contributed by atoms with E-state index in [1.54, 1.807) is 6.20 Å². The number of hydrogen-bond donors (Lipinski definition) is 1. The average molecular weight is 316 g/mol. The summed E-state index contributed by atoms with van der Waals surface area (Å²) in [7, 11) is 0. The number of hydrogen-bond acceptors (Lipinski definition) is 3. The Hall–Kier alpha value is -1.79. The number of fused-ring (bicyclic) bond motifs is 1. The first-order valence-electron chi connectivity index (χ1n) is 7.98. The number of halogens is 1. The van der Waals surface area contributed by atoms with Crippen LogP contribution >= 0.6 is 11.6 Å². The molecule has 116 valence electrons. The Kier molecular flexibility index (Phi) is 6.48. The van der Waals surface area contributed by atoms with E-state index in [0.29, 0.717) is 16.1 Å². The molecule has 1 N–H and O–H groups in total. The predicted molar refractivity (Wildman–Crippen MR) is 93.3 cm³/mol. The number of aromatic nitrogens is 1. The Balaban J connectivity index is 1.97. The second-order valence-electron chi connectivity index (χ2n) is 5.52. The van der Waals surface area contributed by atoms with Gasteiger partial charge in [0.1, 0.15) is 11.6 Å². The van der Waals surface area contributed by atoms with E-state index in [1.165, 1.54) is 32.1 Å². The van der Waals surface area contributed by atoms with Crippen LogP contribution in [0.25, 0.3) is 10.9 Å². The molecule has 2 rings (SSSR count). The first-order valence-corrected chi connectivity index (χ1v) is 8.36. The molecule has 0 fully saturated rings. The van der Waals surface area contributed by atoms with Gasteiger partial charge in [0.15, 0.2) is 0 Å². The molecule has 4 heteroatoms. The van der Waals surface area contributed by atoms with Crippen molar-refractivity contribution in [2.45, 2.75) is 45.4 Å². The SMILES string of the molecule is CCCCCCCCNc1ccc2cc(Cl)cnc2c1C#N. The van der Waals surface area contributed by atoms with Crippen LogP contribution in [-0.4, -0.2) is 11.5 Å². The quantitative estimate of drug-likeness (QED) is 0.651. The van der Waals surface area contributed by atoms with Gasteiger partial charge >= 0.3 is 0 Å². The lowest BCUT2D eigenvalue weighted by Crippen LogP contribution is -2.04. The highest BCUT2D eigenvalue weighted by atomic mass is 35.5. The summed E-state index contributed by atoms with van der Waals surface area (Å²) in [5.41, 5.74) is 2.17. The first-order chi connectivity index (χ1) is 10.8. The minimum Gasteiger partial charge on any atom is -0.384 e. The molecule has 0 amide bonds. The fourth-order valence-corrected chi connectivity index (χ4v) is 2.73. The van der Waals surface area contributed by atoms with Crippen LogP contribution in [0.3, 0.4) is 0 Å². The smallest absolute Gasteiger partial charge is 0.104 e. The van der Waals surface area contributed by atoms with Crippen LogP contribution < -0.4 is 5.32 Å². The van der Waals surface area contributed by atoms with Gasteiger partial charge in [-0.15, -0.1) is 0 Å². The summed E-state index contributed by atoms with van der Waals surface area (Å²) in [6.07, 6.45) is 9.15. The zero-order valence-corrected chi connectivity index (χ0v) is 13.8. The number of benzene rings is 1. The number of anilines is 1. The molecular formula is C18H22ClN3. The highest BCUT2D eigenvalue weighted by Crippen LogP contribution is 2.26. The van der Waals surface area contributed by atoms with Crippen molar-refractivity contribution in [1.82, 2.24) is 4.98 Å². The molecule has 0 atom stereocenters. The Morgan fingerprint density at radius 2 is 1.95 bits per heavy atom. The summed E-state index contributed by atoms with van der Waals surface area (Å²) in [4.78, 5) is 4.30. The molecule has 2 aromatic rings. The summed E-state index contributed by atoms with van der Waals surface area (Å²) in [6.45, 7) is 3.12. The van der Waals surface area contributed by atoms with Crippen LogP contribution in [0.2, 0.25) is 5.02 Å². The Morgan fingerprint density at radius 3 is 2.73 bits per heavy atom. The summed E-state index contributed by atoms with van der Waals surface area (Å²) < 4.78 is 0. The van der Waals surface area contributed by atoms with Crippen molar-refractivity contribution in [3.63, 3.8) is 0 Å². The van der Waals surface area contributed by atoms with Crippen LogP contribution in [0.15, 0.2) is 24.4 Å². The van der Waals surface area contributed by atoms with Gasteiger partial charge in [0.2, 0.25) is 0 Å². The molecule has 1 aromatic heterocycles. The molecule has 0 unspecified atom stereocenters. The van der Waals surface area contributed by atoms with Crippen molar-refractivity contribution >= 4 is 28.2 Å². The topological polar surface area (TPSA) is 48.7 Å². The van der Waals surface area contributed by atoms with E-state index >= 15 is 0 Å². The molecule has 0 bridgehead atoms. The average Bonchev–Trinajstić information content (AvgIpc) is 2.53. The molecule has 3 nitrogen and oxygen atoms in total. The van der Waals surface area contributed by atoms with Crippen molar-refractivity contribution in [2.24, 2.45) is 0 Å². The monoisotopic (exact) mass is 315 g/mol. The van der Waals surface area contributed by atoms with E-state index in [2.05, 4.69) is 23.3 Å². The maximum atomic E-state index is 9.42. The van der Waals surface area contributed by atoms with Crippen LogP contribution in [0, 0.1) is 11.3 Å². The zero-order valence-electron chi connectivity index (χ0n) is 13.0. The van der Waals surface area contributed by atoms with Gasteiger partial charge in [0.25, 0.3) is 0 Å².